The van der Waals surface area contributed by atoms with Crippen LogP contribution in [0, 0.1) is 0 Å². The molecule has 1 aromatic carbocycles. The van der Waals surface area contributed by atoms with Crippen molar-refractivity contribution in [1.82, 2.24) is 19.9 Å². The first-order valence-corrected chi connectivity index (χ1v) is 9.81. The summed E-state index contributed by atoms with van der Waals surface area (Å²) < 4.78 is 38.7. The second-order valence-corrected chi connectivity index (χ2v) is 7.53. The Kier molecular flexibility index (Phi) is 5.67. The van der Waals surface area contributed by atoms with Crippen molar-refractivity contribution in [1.29, 1.82) is 0 Å². The highest BCUT2D eigenvalue weighted by Gasteiger charge is 2.30. The molecular formula is C22H22F3N5. The van der Waals surface area contributed by atoms with Gasteiger partial charge in [0.15, 0.2) is 0 Å². The third kappa shape index (κ3) is 4.59. The lowest BCUT2D eigenvalue weighted by molar-refractivity contribution is -0.137. The van der Waals surface area contributed by atoms with Gasteiger partial charge in [-0.1, -0.05) is 12.1 Å². The van der Waals surface area contributed by atoms with Crippen molar-refractivity contribution in [2.75, 3.05) is 18.8 Å². The van der Waals surface area contributed by atoms with E-state index in [-0.39, 0.29) is 11.9 Å². The molecule has 30 heavy (non-hydrogen) atoms. The number of benzene rings is 1. The number of anilines is 1. The summed E-state index contributed by atoms with van der Waals surface area (Å²) in [5.74, 6) is 0.301. The number of alkyl halides is 3. The van der Waals surface area contributed by atoms with Crippen LogP contribution < -0.4 is 5.73 Å². The zero-order chi connectivity index (χ0) is 21.1. The average molecular weight is 413 g/mol. The predicted octanol–water partition coefficient (Wildman–Crippen LogP) is 4.52. The Morgan fingerprint density at radius 3 is 2.50 bits per heavy atom. The van der Waals surface area contributed by atoms with Crippen molar-refractivity contribution in [2.45, 2.75) is 31.5 Å². The standard InChI is InChI=1S/C22H22F3N5/c23-22(24,25)18-5-3-16(4-6-18)19-12-28-21(26)29-20(19)17-2-1-11-30(14-17)13-15-7-9-27-10-8-15/h3-10,12,17H,1-2,11,13-14H2,(H2,26,28,29)/t17-/m0/s1. The van der Waals surface area contributed by atoms with Crippen LogP contribution in [0.15, 0.2) is 55.0 Å². The van der Waals surface area contributed by atoms with Crippen LogP contribution in [0.25, 0.3) is 11.1 Å². The first-order chi connectivity index (χ1) is 14.4. The molecule has 0 radical (unpaired) electrons. The van der Waals surface area contributed by atoms with Crippen molar-refractivity contribution in [2.24, 2.45) is 0 Å². The van der Waals surface area contributed by atoms with Gasteiger partial charge in [-0.15, -0.1) is 0 Å². The van der Waals surface area contributed by atoms with Crippen LogP contribution in [0.2, 0.25) is 0 Å². The minimum atomic E-state index is -4.37. The van der Waals surface area contributed by atoms with Crippen LogP contribution in [0.1, 0.15) is 35.6 Å². The molecule has 5 nitrogen and oxygen atoms in total. The van der Waals surface area contributed by atoms with Crippen LogP contribution in [0.5, 0.6) is 0 Å². The van der Waals surface area contributed by atoms with Crippen molar-refractivity contribution in [3.05, 3.63) is 71.8 Å². The van der Waals surface area contributed by atoms with E-state index in [1.807, 2.05) is 12.1 Å². The highest BCUT2D eigenvalue weighted by Crippen LogP contribution is 2.35. The van der Waals surface area contributed by atoms with Gasteiger partial charge in [-0.05, 0) is 54.8 Å². The van der Waals surface area contributed by atoms with Crippen LogP contribution in [-0.2, 0) is 12.7 Å². The maximum Gasteiger partial charge on any atom is 0.416 e. The van der Waals surface area contributed by atoms with Gasteiger partial charge in [0, 0.05) is 43.2 Å². The topological polar surface area (TPSA) is 67.9 Å². The minimum absolute atomic E-state index is 0.128. The van der Waals surface area contributed by atoms with E-state index < -0.39 is 11.7 Å². The first-order valence-electron chi connectivity index (χ1n) is 9.81. The summed E-state index contributed by atoms with van der Waals surface area (Å²) in [4.78, 5) is 15.0. The molecule has 1 aliphatic heterocycles. The van der Waals surface area contributed by atoms with E-state index in [4.69, 9.17) is 5.73 Å². The number of halogens is 3. The van der Waals surface area contributed by atoms with Gasteiger partial charge in [0.1, 0.15) is 0 Å². The van der Waals surface area contributed by atoms with Crippen LogP contribution in [0.3, 0.4) is 0 Å². The number of hydrogen-bond acceptors (Lipinski definition) is 5. The summed E-state index contributed by atoms with van der Waals surface area (Å²) in [7, 11) is 0. The molecule has 0 unspecified atom stereocenters. The molecule has 4 rings (SSSR count). The molecule has 1 aliphatic rings. The SMILES string of the molecule is Nc1ncc(-c2ccc(C(F)(F)F)cc2)c([C@H]2CCCN(Cc3ccncc3)C2)n1. The number of nitrogen functional groups attached to an aromatic ring is 1. The van der Waals surface area contributed by atoms with Gasteiger partial charge >= 0.3 is 6.18 Å². The molecule has 1 fully saturated rings. The van der Waals surface area contributed by atoms with Gasteiger partial charge in [0.05, 0.1) is 11.3 Å². The van der Waals surface area contributed by atoms with Crippen molar-refractivity contribution in [3.8, 4) is 11.1 Å². The number of likely N-dealkylation sites (tertiary alicyclic amines) is 1. The van der Waals surface area contributed by atoms with E-state index >= 15 is 0 Å². The Labute approximate surface area is 172 Å². The summed E-state index contributed by atoms with van der Waals surface area (Å²) >= 11 is 0. The van der Waals surface area contributed by atoms with E-state index in [1.165, 1.54) is 17.7 Å². The summed E-state index contributed by atoms with van der Waals surface area (Å²) in [5, 5.41) is 0. The smallest absolute Gasteiger partial charge is 0.368 e. The number of aromatic nitrogens is 3. The fourth-order valence-corrected chi connectivity index (χ4v) is 3.95. The van der Waals surface area contributed by atoms with E-state index in [9.17, 15) is 13.2 Å². The number of pyridine rings is 1. The van der Waals surface area contributed by atoms with E-state index in [0.717, 1.165) is 55.9 Å². The lowest BCUT2D eigenvalue weighted by atomic mass is 9.89. The van der Waals surface area contributed by atoms with Crippen molar-refractivity contribution >= 4 is 5.95 Å². The lowest BCUT2D eigenvalue weighted by Crippen LogP contribution is -2.34. The second kappa shape index (κ2) is 8.39. The molecule has 1 atom stereocenters. The molecule has 0 amide bonds. The Hall–Kier alpha value is -3.00. The molecule has 0 aliphatic carbocycles. The molecule has 0 spiro atoms. The summed E-state index contributed by atoms with van der Waals surface area (Å²) in [6, 6.07) is 9.12. The lowest BCUT2D eigenvalue weighted by Gasteiger charge is -2.33. The molecule has 1 saturated heterocycles. The van der Waals surface area contributed by atoms with Crippen LogP contribution >= 0.6 is 0 Å². The first kappa shape index (κ1) is 20.3. The van der Waals surface area contributed by atoms with Crippen molar-refractivity contribution < 1.29 is 13.2 Å². The fraction of sp³-hybridized carbons (Fsp3) is 0.318. The molecule has 0 saturated carbocycles. The maximum atomic E-state index is 12.9. The Balaban J connectivity index is 1.60. The quantitative estimate of drug-likeness (QED) is 0.681. The number of piperidine rings is 1. The van der Waals surface area contributed by atoms with Gasteiger partial charge in [0.25, 0.3) is 0 Å². The van der Waals surface area contributed by atoms with Gasteiger partial charge in [-0.25, -0.2) is 9.97 Å². The van der Waals surface area contributed by atoms with Crippen molar-refractivity contribution in [3.63, 3.8) is 0 Å². The van der Waals surface area contributed by atoms with Gasteiger partial charge in [0.2, 0.25) is 5.95 Å². The van der Waals surface area contributed by atoms with E-state index in [2.05, 4.69) is 19.9 Å². The normalized spacial score (nSPS) is 17.8. The Bertz CT molecular complexity index is 990. The monoisotopic (exact) mass is 413 g/mol. The highest BCUT2D eigenvalue weighted by molar-refractivity contribution is 5.66. The molecule has 0 bridgehead atoms. The number of hydrogen-bond donors (Lipinski definition) is 1. The Morgan fingerprint density at radius 2 is 1.80 bits per heavy atom. The summed E-state index contributed by atoms with van der Waals surface area (Å²) in [6.07, 6.45) is 2.76. The number of nitrogens with zero attached hydrogens (tertiary/aromatic N) is 4. The largest absolute Gasteiger partial charge is 0.416 e. The van der Waals surface area contributed by atoms with E-state index in [0.29, 0.717) is 5.56 Å². The van der Waals surface area contributed by atoms with Gasteiger partial charge < -0.3 is 5.73 Å². The molecule has 156 valence electrons. The van der Waals surface area contributed by atoms with Gasteiger partial charge in [-0.2, -0.15) is 13.2 Å². The minimum Gasteiger partial charge on any atom is -0.368 e. The van der Waals surface area contributed by atoms with Gasteiger partial charge in [-0.3, -0.25) is 9.88 Å². The molecule has 8 heteroatoms. The summed E-state index contributed by atoms with van der Waals surface area (Å²) in [5.41, 5.74) is 8.56. The fourth-order valence-electron chi connectivity index (χ4n) is 3.95. The number of nitrogens with two attached hydrogens (primary N) is 1. The molecule has 3 heterocycles. The zero-order valence-electron chi connectivity index (χ0n) is 16.3. The van der Waals surface area contributed by atoms with Crippen LogP contribution in [0.4, 0.5) is 19.1 Å². The highest BCUT2D eigenvalue weighted by atomic mass is 19.4. The molecule has 2 aromatic heterocycles. The van der Waals surface area contributed by atoms with Crippen LogP contribution in [-0.4, -0.2) is 32.9 Å². The molecular weight excluding hydrogens is 391 g/mol. The third-order valence-electron chi connectivity index (χ3n) is 5.41. The zero-order valence-corrected chi connectivity index (χ0v) is 16.3. The average Bonchev–Trinajstić information content (AvgIpc) is 2.74. The predicted molar refractivity (Wildman–Crippen MR) is 108 cm³/mol. The molecule has 3 aromatic rings. The number of rotatable bonds is 4. The maximum absolute atomic E-state index is 12.9. The molecule has 2 N–H and O–H groups in total. The second-order valence-electron chi connectivity index (χ2n) is 7.53. The third-order valence-corrected chi connectivity index (χ3v) is 5.41. The van der Waals surface area contributed by atoms with E-state index in [1.54, 1.807) is 18.6 Å². The Morgan fingerprint density at radius 1 is 1.07 bits per heavy atom. The summed E-state index contributed by atoms with van der Waals surface area (Å²) in [6.45, 7) is 2.59.